The second kappa shape index (κ2) is 43.9. The molecule has 5 fully saturated rings. The van der Waals surface area contributed by atoms with Crippen LogP contribution in [0, 0.1) is 3.57 Å². The van der Waals surface area contributed by atoms with Crippen molar-refractivity contribution >= 4 is 167 Å². The summed E-state index contributed by atoms with van der Waals surface area (Å²) in [5.74, 6) is -0.456. The van der Waals surface area contributed by atoms with E-state index in [1.165, 1.54) is 131 Å². The maximum Gasteiger partial charge on any atom is 0.490 e. The number of rotatable bonds is 29. The molecule has 32 atom stereocenters. The van der Waals surface area contributed by atoms with Crippen LogP contribution in [0.3, 0.4) is 0 Å². The third-order valence-electron chi connectivity index (χ3n) is 23.9. The Balaban J connectivity index is 0.000000165. The molecule has 0 saturated carbocycles. The van der Waals surface area contributed by atoms with Crippen molar-refractivity contribution in [3.05, 3.63) is 150 Å². The minimum absolute atomic E-state index is 0.225. The predicted molar refractivity (Wildman–Crippen MR) is 509 cm³/mol. The number of phosphoric acid groups is 6. The number of esters is 1. The molecule has 15 heterocycles. The van der Waals surface area contributed by atoms with E-state index in [-0.39, 0.29) is 11.4 Å². The summed E-state index contributed by atoms with van der Waals surface area (Å²) in [6.45, 7) is 14.4. The fourth-order valence-corrected chi connectivity index (χ4v) is 25.5. The number of methoxy groups -OCH3 is 1. The Morgan fingerprint density at radius 3 is 1.13 bits per heavy atom. The van der Waals surface area contributed by atoms with E-state index in [4.69, 9.17) is 85.3 Å². The van der Waals surface area contributed by atoms with Crippen LogP contribution in [0.15, 0.2) is 147 Å². The van der Waals surface area contributed by atoms with E-state index >= 15 is 4.39 Å². The Kier molecular flexibility index (Phi) is 35.1. The SMILES string of the molecule is CC(O)[C@H]1O[C@@H](n2cc(I)c3c(N)ccnc32)[C@](C)(F)[C@@H]1O.CC(O)[C@H]1O[C@@H](n2ccc3c(N)ccnc32)[C@](C)(F)[C@@H]1O.COC(=O)[C@H](C)NP(=O)(Oc1ccccc1)O[C@@H](C)[C@H]1O[C@@H](n2ccc3c(N)ccnc32)[C@](C)(O)[C@@H]1O.C[C@@H](OP(=O)(O)OP(=O)(O)OP(=O)(O)O)[C@H]1O[C@@H](n2ccc3c(N)ccnc32)[C@](C)(O)[C@@H]1O.C[C@H](OP(=O)([O-])OP(=O)([O-])OP(=O)([O-])O)[C@H]1O[C@@H](n2ccc3c(N)ccnc32)[C@](C)(O)[C@@H]1O. The largest absolute Gasteiger partial charge is 0.756 e. The van der Waals surface area contributed by atoms with Gasteiger partial charge in [0.25, 0.3) is 23.5 Å². The summed E-state index contributed by atoms with van der Waals surface area (Å²) in [6, 6.07) is 21.9. The number of halogens is 3. The Labute approximate surface area is 839 Å². The monoisotopic (exact) mass is 2310 g/mol. The summed E-state index contributed by atoms with van der Waals surface area (Å²) in [7, 11) is -37.6. The molecule has 26 N–H and O–H groups in total. The predicted octanol–water partition coefficient (Wildman–Crippen LogP) is 3.77. The molecule has 806 valence electrons. The number of anilines is 5. The van der Waals surface area contributed by atoms with Gasteiger partial charge in [-0.1, -0.05) is 18.2 Å². The average Bonchev–Trinajstić information content (AvgIpc) is 1.60. The standard InChI is InChI=1S/C24H31N4O8P.C14H17FIN3O3.C14H18FN3O3.2C14H22N3O13P3/c1-14(22(30)33-4)27-37(32,36-16-8-6-5-7-9-16)35-15(2)19-20(29)24(3,31)23(34-19)28-13-11-17-18(25)10-12-26-21(17)28;1-6(20)10-11(21)14(2,15)13(22-10)19-5-7(16)9-8(17)3-4-18-12(9)19;1-7(19)10-11(20)14(2,15)13(21-10)18-6-4-8-9(16)3-5-17-12(8)18;2*1-7(28-32(23,24)30-33(25,26)29-31(20,21)22)10-11(18)14(2,19)13(27-10)17-6-4-8-9(15)3-5-16-12(8)17/h5-15,19-20,23,29,31H,1-4H3,(H2,25,26)(H,27,32);3-6,10-11,13,20-21H,1-2H3,(H2,17,18);3-7,10-11,13,19-20H,1-2H3,(H2,16,17);2*3-7,10-11,13,18-19H,1-2H3,(H2,15,16)(H,23,24)(H,25,26)(H2,20,21,22)/p-3/t14-,15-,19+,20+,23+,24+,37?;6?,10-,11-,13-,14-;7?,10-,11-,13-,14-;7-,10+,11+,13+,14+;7-,10-,11-,13-,14-/m01101/s1. The summed E-state index contributed by atoms with van der Waals surface area (Å²) in [5, 5.41) is 110. The smallest absolute Gasteiger partial charge is 0.490 e. The number of aliphatic hydroxyl groups excluding tert-OH is 7. The highest BCUT2D eigenvalue weighted by Crippen LogP contribution is 2.68. The number of pyridine rings is 5. The molecule has 5 aliphatic heterocycles. The highest BCUT2D eigenvalue weighted by molar-refractivity contribution is 14.1. The normalized spacial score (nSPS) is 31.0. The number of phosphoric ester groups is 2. The lowest BCUT2D eigenvalue weighted by atomic mass is 9.94. The van der Waals surface area contributed by atoms with E-state index < -0.39 is 218 Å². The quantitative estimate of drug-likeness (QED) is 0.0180. The average molecular weight is 2310 g/mol. The molecule has 0 bridgehead atoms. The first-order valence-corrected chi connectivity index (χ1v) is 54.8. The van der Waals surface area contributed by atoms with E-state index in [9.17, 15) is 117 Å². The van der Waals surface area contributed by atoms with Gasteiger partial charge in [-0.2, -0.15) is 13.7 Å². The first-order chi connectivity index (χ1) is 67.4. The number of para-hydroxylation sites is 1. The number of carbonyl (C=O) groups excluding carboxylic acids is 1. The second-order valence-electron chi connectivity index (χ2n) is 35.2. The second-order valence-corrected chi connectivity index (χ2v) is 46.6. The maximum absolute atomic E-state index is 15.0. The number of benzene rings is 1. The van der Waals surface area contributed by atoms with E-state index in [1.807, 2.05) is 0 Å². The molecular formula is C80H107F2IN16O40P7-3. The third-order valence-corrected chi connectivity index (χ3v) is 34.2. The van der Waals surface area contributed by atoms with Crippen LogP contribution in [0.2, 0.25) is 0 Å². The van der Waals surface area contributed by atoms with Gasteiger partial charge in [0.15, 0.2) is 42.5 Å². The molecule has 66 heteroatoms. The van der Waals surface area contributed by atoms with Crippen LogP contribution >= 0.6 is 77.3 Å². The van der Waals surface area contributed by atoms with Crippen LogP contribution in [-0.4, -0.2) is 262 Å². The van der Waals surface area contributed by atoms with Crippen LogP contribution in [0.1, 0.15) is 107 Å². The van der Waals surface area contributed by atoms with Crippen molar-refractivity contribution in [3.8, 4) is 5.75 Å². The Morgan fingerprint density at radius 2 is 0.781 bits per heavy atom. The summed E-state index contributed by atoms with van der Waals surface area (Å²) < 4.78 is 188. The number of ether oxygens (including phenoxy) is 6. The number of nitrogens with one attached hydrogen (secondary N) is 1. The number of hydrogen-bond acceptors (Lipinski definition) is 45. The zero-order chi connectivity index (χ0) is 109. The van der Waals surface area contributed by atoms with Crippen molar-refractivity contribution in [2.75, 3.05) is 35.8 Å². The number of alkyl halides is 2. The summed E-state index contributed by atoms with van der Waals surface area (Å²) >= 11 is 2.10. The van der Waals surface area contributed by atoms with Gasteiger partial charge in [-0.25, -0.2) is 60.6 Å². The Hall–Kier alpha value is -8.10. The zero-order valence-electron chi connectivity index (χ0n) is 78.5. The topological polar surface area (TPSA) is 870 Å². The Bertz CT molecular complexity index is 6720. The fraction of sp³-hybridized carbons (Fsp3) is 0.475. The van der Waals surface area contributed by atoms with Crippen LogP contribution in [-0.2, 0) is 96.0 Å². The molecule has 1 aromatic carbocycles. The number of hydrogen-bond donors (Lipinski definition) is 21. The van der Waals surface area contributed by atoms with E-state index in [2.05, 4.69) is 74.4 Å². The number of aromatic nitrogens is 10. The molecule has 0 spiro atoms. The molecule has 16 rings (SSSR count). The van der Waals surface area contributed by atoms with Gasteiger partial charge in [0, 0.05) is 116 Å². The molecule has 8 unspecified atom stereocenters. The van der Waals surface area contributed by atoms with Crippen molar-refractivity contribution in [3.63, 3.8) is 0 Å². The molecule has 0 amide bonds. The van der Waals surface area contributed by atoms with Crippen molar-refractivity contribution in [1.82, 2.24) is 52.8 Å². The van der Waals surface area contributed by atoms with Crippen LogP contribution in [0.25, 0.3) is 55.2 Å². The van der Waals surface area contributed by atoms with Gasteiger partial charge in [0.1, 0.15) is 118 Å². The molecule has 146 heavy (non-hydrogen) atoms. The van der Waals surface area contributed by atoms with Gasteiger partial charge in [0.2, 0.25) is 0 Å². The van der Waals surface area contributed by atoms with Gasteiger partial charge in [-0.3, -0.25) is 27.5 Å². The van der Waals surface area contributed by atoms with Gasteiger partial charge in [0.05, 0.1) is 43.0 Å². The van der Waals surface area contributed by atoms with Gasteiger partial charge < -0.3 is 179 Å². The lowest BCUT2D eigenvalue weighted by Crippen LogP contribution is -2.46. The molecule has 5 aliphatic rings. The molecule has 5 saturated heterocycles. The fourth-order valence-electron chi connectivity index (χ4n) is 16.7. The number of nitrogen functional groups attached to an aromatic ring is 5. The number of nitrogens with zero attached hydrogens (tertiary/aromatic N) is 10. The van der Waals surface area contributed by atoms with Crippen molar-refractivity contribution in [2.24, 2.45) is 0 Å². The van der Waals surface area contributed by atoms with Crippen molar-refractivity contribution in [2.45, 2.75) is 233 Å². The molecular weight excluding hydrogens is 2210 g/mol. The lowest BCUT2D eigenvalue weighted by Gasteiger charge is -2.35. The van der Waals surface area contributed by atoms with Crippen LogP contribution in [0.4, 0.5) is 37.2 Å². The van der Waals surface area contributed by atoms with Gasteiger partial charge in [-0.15, -0.1) is 0 Å². The number of carbonyl (C=O) groups is 1. The summed E-state index contributed by atoms with van der Waals surface area (Å²) in [4.78, 5) is 111. The molecule has 0 aliphatic carbocycles. The first-order valence-electron chi connectivity index (χ1n) is 43.2. The molecule has 11 aromatic rings. The summed E-state index contributed by atoms with van der Waals surface area (Å²) in [5.41, 5.74) is 24.1. The lowest BCUT2D eigenvalue weighted by molar-refractivity contribution is -0.252. The minimum atomic E-state index is -6.10. The highest BCUT2D eigenvalue weighted by atomic mass is 127. The highest BCUT2D eigenvalue weighted by Gasteiger charge is 2.62. The minimum Gasteiger partial charge on any atom is -0.756 e. The maximum atomic E-state index is 15.0. The number of nitrogens with two attached hydrogens (primary N) is 5. The van der Waals surface area contributed by atoms with Gasteiger partial charge in [-0.05, 0) is 165 Å². The van der Waals surface area contributed by atoms with E-state index in [0.717, 1.165) is 22.8 Å². The first kappa shape index (κ1) is 117. The molecule has 56 nitrogen and oxygen atoms in total. The Morgan fingerprint density at radius 1 is 0.445 bits per heavy atom. The van der Waals surface area contributed by atoms with Crippen molar-refractivity contribution < 1.29 is 200 Å². The van der Waals surface area contributed by atoms with E-state index in [1.54, 1.807) is 108 Å². The molecule has 0 radical (unpaired) electrons. The van der Waals surface area contributed by atoms with Gasteiger partial charge >= 0.3 is 37.2 Å². The molecule has 10 aromatic heterocycles. The number of aliphatic hydroxyl groups is 10. The van der Waals surface area contributed by atoms with Crippen molar-refractivity contribution in [1.29, 1.82) is 0 Å². The number of fused-ring (bicyclic) bond motifs is 5. The van der Waals surface area contributed by atoms with E-state index in [0.29, 0.717) is 72.6 Å². The van der Waals surface area contributed by atoms with Crippen LogP contribution in [0.5, 0.6) is 5.75 Å². The third kappa shape index (κ3) is 25.3. The van der Waals surface area contributed by atoms with Crippen LogP contribution < -0.4 is 53.0 Å². The summed E-state index contributed by atoms with van der Waals surface area (Å²) in [6.07, 6.45) is -10.7. The zero-order valence-corrected chi connectivity index (χ0v) is 86.9.